The molecule has 0 fully saturated rings. The summed E-state index contributed by atoms with van der Waals surface area (Å²) < 4.78 is 0. The number of carbonyl (C=O) groups excluding carboxylic acids is 1. The van der Waals surface area contributed by atoms with E-state index in [2.05, 4.69) is 0 Å². The van der Waals surface area contributed by atoms with Gasteiger partial charge in [-0.05, 0) is 24.3 Å². The molecule has 0 unspecified atom stereocenters. The number of hydrogen-bond acceptors (Lipinski definition) is 2. The van der Waals surface area contributed by atoms with Crippen LogP contribution in [0.2, 0.25) is 0 Å². The molecule has 2 rings (SSSR count). The largest absolute Gasteiger partial charge is 0.508 e. The number of rotatable bonds is 2. The van der Waals surface area contributed by atoms with Crippen LogP contribution in [0.1, 0.15) is 15.9 Å². The summed E-state index contributed by atoms with van der Waals surface area (Å²) in [5.74, 6) is 0.134. The first kappa shape index (κ1) is 12.7. The molecule has 0 aliphatic rings. The third-order valence-corrected chi connectivity index (χ3v) is 2.17. The number of ketones is 1. The minimum absolute atomic E-state index is 0. The minimum Gasteiger partial charge on any atom is -0.508 e. The molecule has 0 saturated heterocycles. The first-order valence-electron chi connectivity index (χ1n) is 4.66. The third kappa shape index (κ3) is 2.83. The van der Waals surface area contributed by atoms with Gasteiger partial charge in [0, 0.05) is 33.5 Å². The molecule has 2 nitrogen and oxygen atoms in total. The molecular formula is C13H10AuO2. The summed E-state index contributed by atoms with van der Waals surface area (Å²) in [5, 5.41) is 9.10. The standard InChI is InChI=1S/C13H10O2.Au/c14-12-8-6-11(7-9-12)13(15)10-4-2-1-3-5-10;/h1-9,14H;. The monoisotopic (exact) mass is 395 g/mol. The van der Waals surface area contributed by atoms with Crippen LogP contribution in [0.4, 0.5) is 0 Å². The average Bonchev–Trinajstić information content (AvgIpc) is 2.30. The minimum atomic E-state index is -0.0319. The van der Waals surface area contributed by atoms with Crippen LogP contribution in [-0.2, 0) is 22.4 Å². The fraction of sp³-hybridized carbons (Fsp3) is 0. The quantitative estimate of drug-likeness (QED) is 0.627. The van der Waals surface area contributed by atoms with E-state index in [1.165, 1.54) is 12.1 Å². The van der Waals surface area contributed by atoms with Crippen molar-refractivity contribution in [3.05, 3.63) is 65.7 Å². The number of aromatic hydroxyl groups is 1. The van der Waals surface area contributed by atoms with Gasteiger partial charge < -0.3 is 5.11 Å². The van der Waals surface area contributed by atoms with Crippen molar-refractivity contribution in [2.24, 2.45) is 0 Å². The second kappa shape index (κ2) is 5.66. The van der Waals surface area contributed by atoms with Crippen molar-refractivity contribution in [2.45, 2.75) is 0 Å². The summed E-state index contributed by atoms with van der Waals surface area (Å²) >= 11 is 0. The SMILES string of the molecule is O=C(c1ccccc1)c1ccc(O)cc1.[Au]. The van der Waals surface area contributed by atoms with E-state index in [4.69, 9.17) is 5.11 Å². The number of carbonyl (C=O) groups is 1. The molecular weight excluding hydrogens is 385 g/mol. The molecule has 0 saturated carbocycles. The van der Waals surface area contributed by atoms with E-state index < -0.39 is 0 Å². The molecule has 0 aliphatic carbocycles. The maximum absolute atomic E-state index is 11.9. The van der Waals surface area contributed by atoms with Crippen LogP contribution in [0.25, 0.3) is 0 Å². The predicted molar refractivity (Wildman–Crippen MR) is 58.0 cm³/mol. The predicted octanol–water partition coefficient (Wildman–Crippen LogP) is 2.62. The van der Waals surface area contributed by atoms with Gasteiger partial charge in [-0.25, -0.2) is 0 Å². The molecule has 0 aliphatic heterocycles. The fourth-order valence-corrected chi connectivity index (χ4v) is 1.37. The van der Waals surface area contributed by atoms with Crippen molar-refractivity contribution in [2.75, 3.05) is 0 Å². The molecule has 0 spiro atoms. The van der Waals surface area contributed by atoms with Crippen LogP contribution >= 0.6 is 0 Å². The number of phenolic OH excluding ortho intramolecular Hbond substituents is 1. The van der Waals surface area contributed by atoms with E-state index >= 15 is 0 Å². The zero-order valence-electron chi connectivity index (χ0n) is 8.35. The Morgan fingerprint density at radius 1 is 0.812 bits per heavy atom. The van der Waals surface area contributed by atoms with Gasteiger partial charge in [-0.2, -0.15) is 0 Å². The second-order valence-corrected chi connectivity index (χ2v) is 3.24. The molecule has 2 aromatic rings. The molecule has 16 heavy (non-hydrogen) atoms. The maximum atomic E-state index is 11.9. The normalized spacial score (nSPS) is 9.25. The molecule has 0 aromatic heterocycles. The first-order valence-corrected chi connectivity index (χ1v) is 4.66. The van der Waals surface area contributed by atoms with Crippen molar-refractivity contribution in [1.82, 2.24) is 0 Å². The molecule has 1 radical (unpaired) electrons. The zero-order valence-corrected chi connectivity index (χ0v) is 10.5. The van der Waals surface area contributed by atoms with Crippen molar-refractivity contribution in [3.8, 4) is 5.75 Å². The van der Waals surface area contributed by atoms with E-state index in [0.29, 0.717) is 11.1 Å². The Hall–Kier alpha value is -1.35. The van der Waals surface area contributed by atoms with Gasteiger partial charge in [-0.3, -0.25) is 4.79 Å². The van der Waals surface area contributed by atoms with Crippen molar-refractivity contribution in [1.29, 1.82) is 0 Å². The summed E-state index contributed by atoms with van der Waals surface area (Å²) in [4.78, 5) is 11.9. The van der Waals surface area contributed by atoms with Crippen LogP contribution in [0.3, 0.4) is 0 Å². The molecule has 3 heteroatoms. The average molecular weight is 395 g/mol. The Kier molecular flexibility index (Phi) is 4.50. The maximum Gasteiger partial charge on any atom is 0.193 e. The third-order valence-electron chi connectivity index (χ3n) is 2.17. The molecule has 85 valence electrons. The first-order chi connectivity index (χ1) is 7.27. The van der Waals surface area contributed by atoms with E-state index in [0.717, 1.165) is 0 Å². The Morgan fingerprint density at radius 2 is 1.31 bits per heavy atom. The number of phenols is 1. The van der Waals surface area contributed by atoms with Gasteiger partial charge in [-0.1, -0.05) is 30.3 Å². The van der Waals surface area contributed by atoms with Gasteiger partial charge in [0.15, 0.2) is 5.78 Å². The Labute approximate surface area is 109 Å². The van der Waals surface area contributed by atoms with Crippen molar-refractivity contribution < 1.29 is 32.3 Å². The van der Waals surface area contributed by atoms with E-state index in [-0.39, 0.29) is 33.9 Å². The summed E-state index contributed by atoms with van der Waals surface area (Å²) in [5.41, 5.74) is 1.24. The molecule has 0 bridgehead atoms. The van der Waals surface area contributed by atoms with E-state index in [9.17, 15) is 4.79 Å². The van der Waals surface area contributed by atoms with Crippen LogP contribution in [-0.4, -0.2) is 10.9 Å². The van der Waals surface area contributed by atoms with E-state index in [1.54, 1.807) is 24.3 Å². The Bertz CT molecular complexity index is 463. The zero-order chi connectivity index (χ0) is 10.7. The molecule has 0 atom stereocenters. The fourth-order valence-electron chi connectivity index (χ4n) is 1.37. The Morgan fingerprint density at radius 3 is 1.88 bits per heavy atom. The second-order valence-electron chi connectivity index (χ2n) is 3.24. The van der Waals surface area contributed by atoms with Crippen LogP contribution < -0.4 is 0 Å². The molecule has 0 heterocycles. The van der Waals surface area contributed by atoms with E-state index in [1.807, 2.05) is 18.2 Å². The topological polar surface area (TPSA) is 37.3 Å². The molecule has 0 amide bonds. The summed E-state index contributed by atoms with van der Waals surface area (Å²) in [7, 11) is 0. The summed E-state index contributed by atoms with van der Waals surface area (Å²) in [6, 6.07) is 15.3. The molecule has 2 aromatic carbocycles. The van der Waals surface area contributed by atoms with Gasteiger partial charge in [0.1, 0.15) is 5.75 Å². The van der Waals surface area contributed by atoms with Crippen LogP contribution in [0.15, 0.2) is 54.6 Å². The Balaban J connectivity index is 0.00000128. The van der Waals surface area contributed by atoms with Gasteiger partial charge in [-0.15, -0.1) is 0 Å². The van der Waals surface area contributed by atoms with Crippen molar-refractivity contribution in [3.63, 3.8) is 0 Å². The molecule has 1 N–H and O–H groups in total. The number of hydrogen-bond donors (Lipinski definition) is 1. The number of benzene rings is 2. The van der Waals surface area contributed by atoms with Gasteiger partial charge in [0.2, 0.25) is 0 Å². The summed E-state index contributed by atoms with van der Waals surface area (Å²) in [6.07, 6.45) is 0. The summed E-state index contributed by atoms with van der Waals surface area (Å²) in [6.45, 7) is 0. The van der Waals surface area contributed by atoms with Crippen LogP contribution in [0.5, 0.6) is 5.75 Å². The van der Waals surface area contributed by atoms with Gasteiger partial charge in [0.05, 0.1) is 0 Å². The van der Waals surface area contributed by atoms with Crippen LogP contribution in [0, 0.1) is 0 Å². The van der Waals surface area contributed by atoms with Gasteiger partial charge >= 0.3 is 0 Å². The van der Waals surface area contributed by atoms with Gasteiger partial charge in [0.25, 0.3) is 0 Å². The van der Waals surface area contributed by atoms with Crippen molar-refractivity contribution >= 4 is 5.78 Å². The smallest absolute Gasteiger partial charge is 0.193 e.